The van der Waals surface area contributed by atoms with Crippen LogP contribution in [0.3, 0.4) is 0 Å². The Morgan fingerprint density at radius 1 is 1.30 bits per heavy atom. The van der Waals surface area contributed by atoms with Crippen LogP contribution >= 0.6 is 0 Å². The highest BCUT2D eigenvalue weighted by atomic mass is 16.5. The number of aryl methyl sites for hydroxylation is 1. The molecule has 1 aliphatic heterocycles. The third-order valence-corrected chi connectivity index (χ3v) is 4.58. The fourth-order valence-corrected chi connectivity index (χ4v) is 3.13. The first-order valence-electron chi connectivity index (χ1n) is 9.80. The minimum atomic E-state index is 0.545. The van der Waals surface area contributed by atoms with E-state index in [1.54, 1.807) is 6.26 Å². The summed E-state index contributed by atoms with van der Waals surface area (Å²) in [6.07, 6.45) is 2.58. The molecule has 2 aromatic rings. The van der Waals surface area contributed by atoms with Gasteiger partial charge in [0.25, 0.3) is 0 Å². The maximum absolute atomic E-state index is 5.42. The van der Waals surface area contributed by atoms with E-state index in [-0.39, 0.29) is 0 Å². The third kappa shape index (κ3) is 6.13. The lowest BCUT2D eigenvalue weighted by atomic mass is 10.2. The van der Waals surface area contributed by atoms with Crippen molar-refractivity contribution in [2.45, 2.75) is 33.7 Å². The number of furan rings is 1. The van der Waals surface area contributed by atoms with Gasteiger partial charge in [0, 0.05) is 58.3 Å². The van der Waals surface area contributed by atoms with E-state index >= 15 is 0 Å². The molecule has 0 unspecified atom stereocenters. The zero-order valence-corrected chi connectivity index (χ0v) is 16.6. The Labute approximate surface area is 161 Å². The zero-order valence-electron chi connectivity index (χ0n) is 16.6. The first-order valence-corrected chi connectivity index (χ1v) is 9.80. The minimum absolute atomic E-state index is 0.545. The summed E-state index contributed by atoms with van der Waals surface area (Å²) in [6, 6.07) is 5.95. The molecule has 7 nitrogen and oxygen atoms in total. The molecule has 27 heavy (non-hydrogen) atoms. The second kappa shape index (κ2) is 9.60. The summed E-state index contributed by atoms with van der Waals surface area (Å²) in [5.74, 6) is 3.42. The molecule has 1 aliphatic rings. The lowest BCUT2D eigenvalue weighted by Crippen LogP contribution is -2.52. The normalized spacial score (nSPS) is 16.3. The molecule has 2 aromatic heterocycles. The number of hydrogen-bond acceptors (Lipinski definition) is 5. The SMILES string of the molecule is Cc1cc(CN2CCN(C(=NCC(C)C)NCCc3ccco3)CC2)no1. The lowest BCUT2D eigenvalue weighted by Gasteiger charge is -2.36. The maximum Gasteiger partial charge on any atom is 0.194 e. The predicted molar refractivity (Wildman–Crippen MR) is 106 cm³/mol. The van der Waals surface area contributed by atoms with Crippen LogP contribution in [0.15, 0.2) is 38.4 Å². The average Bonchev–Trinajstić information content (AvgIpc) is 3.30. The Hall–Kier alpha value is -2.28. The first-order chi connectivity index (χ1) is 13.1. The van der Waals surface area contributed by atoms with Gasteiger partial charge in [0.05, 0.1) is 12.0 Å². The molecule has 0 radical (unpaired) electrons. The number of aromatic nitrogens is 1. The summed E-state index contributed by atoms with van der Waals surface area (Å²) in [4.78, 5) is 9.60. The highest BCUT2D eigenvalue weighted by Crippen LogP contribution is 2.10. The van der Waals surface area contributed by atoms with Crippen LogP contribution in [0.25, 0.3) is 0 Å². The van der Waals surface area contributed by atoms with Crippen LogP contribution in [0.2, 0.25) is 0 Å². The maximum atomic E-state index is 5.42. The van der Waals surface area contributed by atoms with Crippen LogP contribution in [0.4, 0.5) is 0 Å². The minimum Gasteiger partial charge on any atom is -0.469 e. The van der Waals surface area contributed by atoms with E-state index in [0.29, 0.717) is 5.92 Å². The third-order valence-electron chi connectivity index (χ3n) is 4.58. The Balaban J connectivity index is 1.50. The van der Waals surface area contributed by atoms with Crippen molar-refractivity contribution in [3.05, 3.63) is 41.7 Å². The van der Waals surface area contributed by atoms with Crippen molar-refractivity contribution in [3.8, 4) is 0 Å². The molecule has 0 aliphatic carbocycles. The molecule has 148 valence electrons. The summed E-state index contributed by atoms with van der Waals surface area (Å²) in [5, 5.41) is 7.62. The lowest BCUT2D eigenvalue weighted by molar-refractivity contribution is 0.168. The molecule has 0 bridgehead atoms. The molecular formula is C20H31N5O2. The summed E-state index contributed by atoms with van der Waals surface area (Å²) < 4.78 is 10.6. The molecule has 3 rings (SSSR count). The first kappa shape index (κ1) is 19.5. The van der Waals surface area contributed by atoms with E-state index in [2.05, 4.69) is 34.1 Å². The van der Waals surface area contributed by atoms with E-state index in [4.69, 9.17) is 13.9 Å². The van der Waals surface area contributed by atoms with Gasteiger partial charge in [0.1, 0.15) is 11.5 Å². The van der Waals surface area contributed by atoms with Crippen LogP contribution in [0.5, 0.6) is 0 Å². The molecule has 0 amide bonds. The van der Waals surface area contributed by atoms with Gasteiger partial charge in [-0.15, -0.1) is 0 Å². The van der Waals surface area contributed by atoms with E-state index in [1.165, 1.54) is 0 Å². The van der Waals surface area contributed by atoms with Gasteiger partial charge in [-0.05, 0) is 25.0 Å². The van der Waals surface area contributed by atoms with E-state index in [1.807, 2.05) is 25.1 Å². The smallest absolute Gasteiger partial charge is 0.194 e. The second-order valence-corrected chi connectivity index (χ2v) is 7.51. The van der Waals surface area contributed by atoms with Gasteiger partial charge in [-0.2, -0.15) is 0 Å². The van der Waals surface area contributed by atoms with Crippen molar-refractivity contribution in [1.82, 2.24) is 20.3 Å². The van der Waals surface area contributed by atoms with Gasteiger partial charge in [0.2, 0.25) is 0 Å². The summed E-state index contributed by atoms with van der Waals surface area (Å²) >= 11 is 0. The number of piperazine rings is 1. The predicted octanol–water partition coefficient (Wildman–Crippen LogP) is 2.54. The number of hydrogen-bond donors (Lipinski definition) is 1. The number of guanidine groups is 1. The van der Waals surface area contributed by atoms with Crippen LogP contribution < -0.4 is 5.32 Å². The molecular weight excluding hydrogens is 342 g/mol. The van der Waals surface area contributed by atoms with E-state index in [9.17, 15) is 0 Å². The monoisotopic (exact) mass is 373 g/mol. The Bertz CT molecular complexity index is 700. The molecule has 1 saturated heterocycles. The van der Waals surface area contributed by atoms with E-state index in [0.717, 1.165) is 75.4 Å². The summed E-state index contributed by atoms with van der Waals surface area (Å²) in [5.41, 5.74) is 1.01. The molecule has 0 atom stereocenters. The van der Waals surface area contributed by atoms with Gasteiger partial charge in [-0.1, -0.05) is 19.0 Å². The van der Waals surface area contributed by atoms with Gasteiger partial charge in [0.15, 0.2) is 5.96 Å². The van der Waals surface area contributed by atoms with Crippen molar-refractivity contribution in [2.24, 2.45) is 10.9 Å². The van der Waals surface area contributed by atoms with Gasteiger partial charge < -0.3 is 19.2 Å². The number of aliphatic imine (C=N–C) groups is 1. The average molecular weight is 374 g/mol. The highest BCUT2D eigenvalue weighted by Gasteiger charge is 2.20. The summed E-state index contributed by atoms with van der Waals surface area (Å²) in [6.45, 7) is 12.7. The molecule has 1 N–H and O–H groups in total. The second-order valence-electron chi connectivity index (χ2n) is 7.51. The molecule has 0 aromatic carbocycles. The van der Waals surface area contributed by atoms with Crippen LogP contribution in [0.1, 0.15) is 31.1 Å². The largest absolute Gasteiger partial charge is 0.469 e. The van der Waals surface area contributed by atoms with Crippen molar-refractivity contribution < 1.29 is 8.94 Å². The Morgan fingerprint density at radius 3 is 2.74 bits per heavy atom. The van der Waals surface area contributed by atoms with E-state index < -0.39 is 0 Å². The topological polar surface area (TPSA) is 70.0 Å². The van der Waals surface area contributed by atoms with Crippen LogP contribution in [-0.2, 0) is 13.0 Å². The standard InChI is InChI=1S/C20H31N5O2/c1-16(2)14-22-20(21-7-6-19-5-4-12-26-19)25-10-8-24(9-11-25)15-18-13-17(3)27-23-18/h4-5,12-13,16H,6-11,14-15H2,1-3H3,(H,21,22). The van der Waals surface area contributed by atoms with Gasteiger partial charge >= 0.3 is 0 Å². The zero-order chi connectivity index (χ0) is 19.1. The fraction of sp³-hybridized carbons (Fsp3) is 0.600. The molecule has 3 heterocycles. The van der Waals surface area contributed by atoms with Crippen molar-refractivity contribution >= 4 is 5.96 Å². The van der Waals surface area contributed by atoms with Crippen molar-refractivity contribution in [1.29, 1.82) is 0 Å². The Kier molecular flexibility index (Phi) is 6.92. The molecule has 0 spiro atoms. The van der Waals surface area contributed by atoms with Gasteiger partial charge in [-0.3, -0.25) is 9.89 Å². The highest BCUT2D eigenvalue weighted by molar-refractivity contribution is 5.80. The molecule has 7 heteroatoms. The van der Waals surface area contributed by atoms with Crippen LogP contribution in [0, 0.1) is 12.8 Å². The summed E-state index contributed by atoms with van der Waals surface area (Å²) in [7, 11) is 0. The molecule has 1 fully saturated rings. The quantitative estimate of drug-likeness (QED) is 0.594. The molecule has 0 saturated carbocycles. The van der Waals surface area contributed by atoms with Crippen LogP contribution in [-0.4, -0.2) is 60.2 Å². The van der Waals surface area contributed by atoms with Crippen molar-refractivity contribution in [3.63, 3.8) is 0 Å². The number of rotatable bonds is 7. The van der Waals surface area contributed by atoms with Crippen molar-refractivity contribution in [2.75, 3.05) is 39.3 Å². The number of nitrogens with zero attached hydrogens (tertiary/aromatic N) is 4. The Morgan fingerprint density at radius 2 is 2.11 bits per heavy atom. The van der Waals surface area contributed by atoms with Gasteiger partial charge in [-0.25, -0.2) is 0 Å². The fourth-order valence-electron chi connectivity index (χ4n) is 3.13. The number of nitrogens with one attached hydrogen (secondary N) is 1.